The third kappa shape index (κ3) is 3.75. The first-order valence-electron chi connectivity index (χ1n) is 11.5. The van der Waals surface area contributed by atoms with Crippen LogP contribution in [-0.4, -0.2) is 0 Å². The molecule has 2 aliphatic carbocycles. The molecule has 11 heteroatoms. The standard InChI is InChI=1S/C30H9F6N5/c1-13-4-17-19-5-18-16-2-3-24(29(31,32)33)23(12-41)28(16)27(15(10-39)11-40)21(18)6-20(19)26(14(8-37)9-38)22(17)7-25(13)30(34,35)36/h2-7H,1H3. The first kappa shape index (κ1) is 26.8. The van der Waals surface area contributed by atoms with Gasteiger partial charge in [-0.25, -0.2) is 0 Å². The zero-order valence-corrected chi connectivity index (χ0v) is 20.5. The Hall–Kier alpha value is -5.83. The summed E-state index contributed by atoms with van der Waals surface area (Å²) in [5.74, 6) is 0. The minimum Gasteiger partial charge on any atom is -0.192 e. The maximum Gasteiger partial charge on any atom is 0.417 e. The molecular formula is C30H9F6N5. The molecule has 0 unspecified atom stereocenters. The van der Waals surface area contributed by atoms with Gasteiger partial charge in [0.2, 0.25) is 0 Å². The molecule has 0 atom stereocenters. The second-order valence-corrected chi connectivity index (χ2v) is 9.12. The number of nitriles is 5. The van der Waals surface area contributed by atoms with Crippen molar-refractivity contribution in [2.75, 3.05) is 0 Å². The number of benzene rings is 3. The summed E-state index contributed by atoms with van der Waals surface area (Å²) in [6.45, 7) is 1.24. The zero-order chi connectivity index (χ0) is 30.0. The molecule has 0 saturated heterocycles. The van der Waals surface area contributed by atoms with Gasteiger partial charge in [0.05, 0.1) is 16.7 Å². The van der Waals surface area contributed by atoms with E-state index in [1.54, 1.807) is 30.3 Å². The Kier molecular flexibility index (Phi) is 5.78. The lowest BCUT2D eigenvalue weighted by Crippen LogP contribution is -2.09. The van der Waals surface area contributed by atoms with Crippen LogP contribution in [0.5, 0.6) is 0 Å². The second kappa shape index (κ2) is 8.85. The highest BCUT2D eigenvalue weighted by molar-refractivity contribution is 6.12. The van der Waals surface area contributed by atoms with E-state index in [-0.39, 0.29) is 61.2 Å². The van der Waals surface area contributed by atoms with Crippen LogP contribution >= 0.6 is 0 Å². The Morgan fingerprint density at radius 1 is 0.561 bits per heavy atom. The molecule has 196 valence electrons. The Morgan fingerprint density at radius 3 is 1.56 bits per heavy atom. The predicted molar refractivity (Wildman–Crippen MR) is 131 cm³/mol. The fraction of sp³-hybridized carbons (Fsp3) is 0.100. The summed E-state index contributed by atoms with van der Waals surface area (Å²) in [6, 6.07) is 14.9. The lowest BCUT2D eigenvalue weighted by molar-refractivity contribution is -0.138. The lowest BCUT2D eigenvalue weighted by Gasteiger charge is -2.13. The van der Waals surface area contributed by atoms with Gasteiger partial charge in [0.25, 0.3) is 0 Å². The molecule has 5 rings (SSSR count). The maximum absolute atomic E-state index is 13.8. The van der Waals surface area contributed by atoms with Crippen molar-refractivity contribution in [2.24, 2.45) is 0 Å². The molecule has 0 bridgehead atoms. The van der Waals surface area contributed by atoms with Crippen LogP contribution in [0.2, 0.25) is 0 Å². The molecule has 0 amide bonds. The third-order valence-corrected chi connectivity index (χ3v) is 7.04. The third-order valence-electron chi connectivity index (χ3n) is 7.04. The smallest absolute Gasteiger partial charge is 0.192 e. The average Bonchev–Trinajstić information content (AvgIpc) is 3.39. The van der Waals surface area contributed by atoms with Crippen molar-refractivity contribution < 1.29 is 26.3 Å². The largest absolute Gasteiger partial charge is 0.417 e. The van der Waals surface area contributed by atoms with Gasteiger partial charge in [0.1, 0.15) is 41.5 Å². The van der Waals surface area contributed by atoms with Crippen LogP contribution in [0.15, 0.2) is 47.5 Å². The molecule has 0 heterocycles. The molecule has 0 N–H and O–H groups in total. The van der Waals surface area contributed by atoms with Crippen LogP contribution in [0.3, 0.4) is 0 Å². The number of halogens is 6. The molecule has 3 aromatic rings. The molecule has 0 radical (unpaired) electrons. The van der Waals surface area contributed by atoms with E-state index in [9.17, 15) is 52.7 Å². The van der Waals surface area contributed by atoms with E-state index in [2.05, 4.69) is 0 Å². The molecule has 3 aromatic carbocycles. The highest BCUT2D eigenvalue weighted by Crippen LogP contribution is 2.55. The highest BCUT2D eigenvalue weighted by Gasteiger charge is 2.41. The number of allylic oxidation sites excluding steroid dienone is 2. The average molecular weight is 553 g/mol. The van der Waals surface area contributed by atoms with Crippen molar-refractivity contribution in [3.8, 4) is 52.6 Å². The summed E-state index contributed by atoms with van der Waals surface area (Å²) in [6.07, 6.45) is -9.67. The van der Waals surface area contributed by atoms with Gasteiger partial charge in [-0.05, 0) is 75.7 Å². The van der Waals surface area contributed by atoms with Gasteiger partial charge in [0.15, 0.2) is 0 Å². The van der Waals surface area contributed by atoms with Crippen LogP contribution < -0.4 is 0 Å². The second-order valence-electron chi connectivity index (χ2n) is 9.12. The number of aryl methyl sites for hydroxylation is 1. The number of nitrogens with zero attached hydrogens (tertiary/aromatic N) is 5. The first-order chi connectivity index (χ1) is 19.3. The van der Waals surface area contributed by atoms with E-state index < -0.39 is 40.2 Å². The molecular weight excluding hydrogens is 544 g/mol. The van der Waals surface area contributed by atoms with Gasteiger partial charge < -0.3 is 0 Å². The summed E-state index contributed by atoms with van der Waals surface area (Å²) in [5.41, 5.74) is -3.99. The van der Waals surface area contributed by atoms with Crippen LogP contribution in [0.1, 0.15) is 44.5 Å². The van der Waals surface area contributed by atoms with Crippen LogP contribution in [0.4, 0.5) is 26.3 Å². The van der Waals surface area contributed by atoms with Gasteiger partial charge in [-0.2, -0.15) is 52.7 Å². The molecule has 0 spiro atoms. The van der Waals surface area contributed by atoms with Gasteiger partial charge in [-0.15, -0.1) is 0 Å². The number of hydrogen-bond acceptors (Lipinski definition) is 5. The normalized spacial score (nSPS) is 12.5. The van der Waals surface area contributed by atoms with E-state index in [4.69, 9.17) is 0 Å². The lowest BCUT2D eigenvalue weighted by atomic mass is 9.91. The molecule has 0 saturated carbocycles. The quantitative estimate of drug-likeness (QED) is 0.145. The topological polar surface area (TPSA) is 119 Å². The zero-order valence-electron chi connectivity index (χ0n) is 20.5. The minimum absolute atomic E-state index is 0.0450. The van der Waals surface area contributed by atoms with Crippen LogP contribution in [0, 0.1) is 63.6 Å². The van der Waals surface area contributed by atoms with Gasteiger partial charge >= 0.3 is 12.4 Å². The van der Waals surface area contributed by atoms with Crippen molar-refractivity contribution >= 4 is 11.1 Å². The van der Waals surface area contributed by atoms with Gasteiger partial charge in [0, 0.05) is 16.7 Å². The minimum atomic E-state index is -4.93. The van der Waals surface area contributed by atoms with E-state index in [0.717, 1.165) is 12.1 Å². The fourth-order valence-corrected chi connectivity index (χ4v) is 5.42. The first-order valence-corrected chi connectivity index (χ1v) is 11.5. The number of rotatable bonds is 0. The van der Waals surface area contributed by atoms with E-state index in [0.29, 0.717) is 6.07 Å². The summed E-state index contributed by atoms with van der Waals surface area (Å²) >= 11 is 0. The maximum atomic E-state index is 13.8. The van der Waals surface area contributed by atoms with Crippen LogP contribution in [-0.2, 0) is 12.4 Å². The molecule has 0 aromatic heterocycles. The van der Waals surface area contributed by atoms with Gasteiger partial charge in [-0.3, -0.25) is 0 Å². The molecule has 41 heavy (non-hydrogen) atoms. The summed E-state index contributed by atoms with van der Waals surface area (Å²) in [4.78, 5) is 0. The fourth-order valence-electron chi connectivity index (χ4n) is 5.42. The molecule has 0 fully saturated rings. The van der Waals surface area contributed by atoms with Gasteiger partial charge in [-0.1, -0.05) is 12.1 Å². The number of alkyl halides is 6. The van der Waals surface area contributed by atoms with E-state index in [1.807, 2.05) is 0 Å². The molecule has 2 aliphatic rings. The SMILES string of the molecule is Cc1cc2c(cc1C(F)(F)F)C(=C(C#N)C#N)c1cc3c(cc1-2)-c1ccc(C(F)(F)F)c(C#N)c1C3=C(C#N)C#N. The number of hydrogen-bond donors (Lipinski definition) is 0. The van der Waals surface area contributed by atoms with Crippen molar-refractivity contribution in [1.82, 2.24) is 0 Å². The predicted octanol–water partition coefficient (Wildman–Crippen LogP) is 7.56. The summed E-state index contributed by atoms with van der Waals surface area (Å²) in [5, 5.41) is 48.4. The highest BCUT2D eigenvalue weighted by atomic mass is 19.4. The van der Waals surface area contributed by atoms with Crippen LogP contribution in [0.25, 0.3) is 33.4 Å². The van der Waals surface area contributed by atoms with Crippen molar-refractivity contribution in [3.63, 3.8) is 0 Å². The molecule has 0 aliphatic heterocycles. The van der Waals surface area contributed by atoms with Crippen molar-refractivity contribution in [3.05, 3.63) is 92.1 Å². The molecule has 5 nitrogen and oxygen atoms in total. The Balaban J connectivity index is 1.96. The van der Waals surface area contributed by atoms with E-state index >= 15 is 0 Å². The Morgan fingerprint density at radius 2 is 1.02 bits per heavy atom. The monoisotopic (exact) mass is 553 g/mol. The number of fused-ring (bicyclic) bond motifs is 6. The Bertz CT molecular complexity index is 1990. The van der Waals surface area contributed by atoms with E-state index in [1.165, 1.54) is 25.1 Å². The Labute approximate surface area is 227 Å². The summed E-state index contributed by atoms with van der Waals surface area (Å²) in [7, 11) is 0. The van der Waals surface area contributed by atoms with Crippen molar-refractivity contribution in [1.29, 1.82) is 26.3 Å². The summed E-state index contributed by atoms with van der Waals surface area (Å²) < 4.78 is 82.8. The van der Waals surface area contributed by atoms with Crippen molar-refractivity contribution in [2.45, 2.75) is 19.3 Å².